The van der Waals surface area contributed by atoms with Crippen LogP contribution < -0.4 is 4.72 Å². The van der Waals surface area contributed by atoms with Crippen molar-refractivity contribution < 1.29 is 13.2 Å². The van der Waals surface area contributed by atoms with Crippen LogP contribution in [0.25, 0.3) is 0 Å². The third-order valence-electron chi connectivity index (χ3n) is 3.94. The van der Waals surface area contributed by atoms with Gasteiger partial charge in [-0.1, -0.05) is 0 Å². The molecule has 1 saturated carbocycles. The number of hydrogen-bond acceptors (Lipinski definition) is 3. The smallest absolute Gasteiger partial charge is 0.270 e. The molecule has 1 saturated heterocycles. The van der Waals surface area contributed by atoms with Gasteiger partial charge in [-0.2, -0.15) is 0 Å². The number of amides is 1. The Hall–Kier alpha value is -1.34. The second-order valence-electron chi connectivity index (χ2n) is 5.60. The van der Waals surface area contributed by atoms with Crippen LogP contribution in [0, 0.1) is 0 Å². The number of nitrogens with one attached hydrogen (secondary N) is 1. The highest BCUT2D eigenvalue weighted by Gasteiger charge is 2.38. The second kappa shape index (κ2) is 4.89. The molecule has 1 aliphatic carbocycles. The lowest BCUT2D eigenvalue weighted by molar-refractivity contribution is 0.0784. The van der Waals surface area contributed by atoms with Gasteiger partial charge in [0.15, 0.2) is 0 Å². The van der Waals surface area contributed by atoms with Crippen molar-refractivity contribution in [3.05, 3.63) is 24.0 Å². The molecule has 20 heavy (non-hydrogen) atoms. The first-order valence-corrected chi connectivity index (χ1v) is 8.44. The average Bonchev–Trinajstić information content (AvgIpc) is 2.92. The van der Waals surface area contributed by atoms with Crippen molar-refractivity contribution in [2.45, 2.75) is 30.6 Å². The van der Waals surface area contributed by atoms with Crippen LogP contribution >= 0.6 is 0 Å². The standard InChI is InChI=1S/C13H19N3O3S/c1-15-7-2-3-12(15)13(17)16-8-6-11(9-16)20(18,19)14-10-4-5-10/h2-3,7,10-11,14H,4-6,8-9H2,1H3. The second-order valence-corrected chi connectivity index (χ2v) is 7.60. The Balaban J connectivity index is 1.67. The number of carbonyl (C=O) groups excluding carboxylic acids is 1. The van der Waals surface area contributed by atoms with E-state index in [-0.39, 0.29) is 18.5 Å². The maximum atomic E-state index is 12.3. The minimum absolute atomic E-state index is 0.0957. The van der Waals surface area contributed by atoms with Gasteiger partial charge >= 0.3 is 0 Å². The summed E-state index contributed by atoms with van der Waals surface area (Å²) < 4.78 is 28.8. The minimum atomic E-state index is -3.29. The van der Waals surface area contributed by atoms with Crippen LogP contribution in [-0.4, -0.2) is 48.2 Å². The molecule has 2 aliphatic rings. The van der Waals surface area contributed by atoms with E-state index in [4.69, 9.17) is 0 Å². The molecule has 0 radical (unpaired) electrons. The summed E-state index contributed by atoms with van der Waals surface area (Å²) in [6.45, 7) is 0.784. The molecule has 2 heterocycles. The van der Waals surface area contributed by atoms with E-state index in [9.17, 15) is 13.2 Å². The van der Waals surface area contributed by atoms with Gasteiger partial charge in [0.05, 0.1) is 5.25 Å². The summed E-state index contributed by atoms with van der Waals surface area (Å²) in [6.07, 6.45) is 4.18. The summed E-state index contributed by atoms with van der Waals surface area (Å²) in [5, 5.41) is -0.479. The Kier molecular flexibility index (Phi) is 3.33. The number of carbonyl (C=O) groups is 1. The molecule has 1 unspecified atom stereocenters. The van der Waals surface area contributed by atoms with Crippen LogP contribution in [0.4, 0.5) is 0 Å². The van der Waals surface area contributed by atoms with Crippen LogP contribution in [0.2, 0.25) is 0 Å². The summed E-state index contributed by atoms with van der Waals surface area (Å²) in [5.74, 6) is -0.0957. The van der Waals surface area contributed by atoms with Crippen molar-refractivity contribution >= 4 is 15.9 Å². The van der Waals surface area contributed by atoms with E-state index in [1.807, 2.05) is 19.3 Å². The minimum Gasteiger partial charge on any atom is -0.347 e. The van der Waals surface area contributed by atoms with E-state index in [0.29, 0.717) is 18.7 Å². The van der Waals surface area contributed by atoms with Gasteiger partial charge in [0, 0.05) is 32.4 Å². The van der Waals surface area contributed by atoms with Gasteiger partial charge in [-0.3, -0.25) is 4.79 Å². The zero-order valence-electron chi connectivity index (χ0n) is 11.4. The lowest BCUT2D eigenvalue weighted by atomic mass is 10.4. The van der Waals surface area contributed by atoms with Crippen LogP contribution in [0.3, 0.4) is 0 Å². The Morgan fingerprint density at radius 3 is 2.70 bits per heavy atom. The van der Waals surface area contributed by atoms with Crippen molar-refractivity contribution in [2.75, 3.05) is 13.1 Å². The highest BCUT2D eigenvalue weighted by atomic mass is 32.2. The molecule has 1 aromatic rings. The summed E-state index contributed by atoms with van der Waals surface area (Å²) in [5.41, 5.74) is 0.596. The van der Waals surface area contributed by atoms with Crippen molar-refractivity contribution in [2.24, 2.45) is 7.05 Å². The van der Waals surface area contributed by atoms with Gasteiger partial charge in [-0.15, -0.1) is 0 Å². The van der Waals surface area contributed by atoms with E-state index < -0.39 is 15.3 Å². The van der Waals surface area contributed by atoms with Crippen molar-refractivity contribution in [3.8, 4) is 0 Å². The Labute approximate surface area is 118 Å². The lowest BCUT2D eigenvalue weighted by Gasteiger charge is -2.17. The number of aryl methyl sites for hydroxylation is 1. The normalized spacial score (nSPS) is 23.2. The number of hydrogen-bond donors (Lipinski definition) is 1. The predicted molar refractivity (Wildman–Crippen MR) is 74.8 cm³/mol. The molecule has 0 spiro atoms. The maximum absolute atomic E-state index is 12.3. The first-order valence-electron chi connectivity index (χ1n) is 6.89. The fourth-order valence-corrected chi connectivity index (χ4v) is 4.23. The number of nitrogens with zero attached hydrogens (tertiary/aromatic N) is 2. The molecule has 1 aliphatic heterocycles. The zero-order chi connectivity index (χ0) is 14.3. The average molecular weight is 297 g/mol. The lowest BCUT2D eigenvalue weighted by Crippen LogP contribution is -2.38. The van der Waals surface area contributed by atoms with Crippen LogP contribution in [0.15, 0.2) is 18.3 Å². The monoisotopic (exact) mass is 297 g/mol. The van der Waals surface area contributed by atoms with Gasteiger partial charge < -0.3 is 9.47 Å². The van der Waals surface area contributed by atoms with E-state index in [2.05, 4.69) is 4.72 Å². The number of aromatic nitrogens is 1. The molecule has 7 heteroatoms. The molecule has 6 nitrogen and oxygen atoms in total. The molecule has 3 rings (SSSR count). The fourth-order valence-electron chi connectivity index (χ4n) is 2.54. The quantitative estimate of drug-likeness (QED) is 0.870. The first kappa shape index (κ1) is 13.6. The third kappa shape index (κ3) is 2.60. The molecular formula is C13H19N3O3S. The molecule has 0 bridgehead atoms. The molecule has 110 valence electrons. The molecular weight excluding hydrogens is 278 g/mol. The van der Waals surface area contributed by atoms with Gasteiger partial charge in [-0.25, -0.2) is 13.1 Å². The fraction of sp³-hybridized carbons (Fsp3) is 0.615. The van der Waals surface area contributed by atoms with Crippen molar-refractivity contribution in [1.82, 2.24) is 14.2 Å². The Morgan fingerprint density at radius 2 is 2.10 bits per heavy atom. The summed E-state index contributed by atoms with van der Waals surface area (Å²) in [4.78, 5) is 14.0. The highest BCUT2D eigenvalue weighted by molar-refractivity contribution is 7.90. The summed E-state index contributed by atoms with van der Waals surface area (Å²) in [6, 6.07) is 3.69. The van der Waals surface area contributed by atoms with E-state index in [1.54, 1.807) is 15.5 Å². The molecule has 0 aromatic carbocycles. The van der Waals surface area contributed by atoms with Gasteiger partial charge in [0.2, 0.25) is 10.0 Å². The largest absolute Gasteiger partial charge is 0.347 e. The topological polar surface area (TPSA) is 71.4 Å². The molecule has 1 atom stereocenters. The SMILES string of the molecule is Cn1cccc1C(=O)N1CCC(S(=O)(=O)NC2CC2)C1. The summed E-state index contributed by atoms with van der Waals surface area (Å²) >= 11 is 0. The highest BCUT2D eigenvalue weighted by Crippen LogP contribution is 2.24. The number of rotatable bonds is 4. The molecule has 1 aromatic heterocycles. The summed E-state index contributed by atoms with van der Waals surface area (Å²) in [7, 11) is -1.48. The van der Waals surface area contributed by atoms with Gasteiger partial charge in [0.25, 0.3) is 5.91 Å². The van der Waals surface area contributed by atoms with Crippen LogP contribution in [-0.2, 0) is 17.1 Å². The van der Waals surface area contributed by atoms with E-state index >= 15 is 0 Å². The molecule has 1 amide bonds. The van der Waals surface area contributed by atoms with Crippen molar-refractivity contribution in [1.29, 1.82) is 0 Å². The van der Waals surface area contributed by atoms with Gasteiger partial charge in [-0.05, 0) is 31.4 Å². The van der Waals surface area contributed by atoms with Crippen LogP contribution in [0.5, 0.6) is 0 Å². The zero-order valence-corrected chi connectivity index (χ0v) is 12.3. The van der Waals surface area contributed by atoms with E-state index in [0.717, 1.165) is 12.8 Å². The Morgan fingerprint density at radius 1 is 1.35 bits per heavy atom. The van der Waals surface area contributed by atoms with Crippen LogP contribution in [0.1, 0.15) is 29.8 Å². The van der Waals surface area contributed by atoms with E-state index in [1.165, 1.54) is 0 Å². The Bertz CT molecular complexity index is 619. The molecule has 1 N–H and O–H groups in total. The molecule has 2 fully saturated rings. The van der Waals surface area contributed by atoms with Crippen molar-refractivity contribution in [3.63, 3.8) is 0 Å². The number of likely N-dealkylation sites (tertiary alicyclic amines) is 1. The third-order valence-corrected chi connectivity index (χ3v) is 5.87. The predicted octanol–water partition coefficient (Wildman–Crippen LogP) is 0.321. The van der Waals surface area contributed by atoms with Gasteiger partial charge in [0.1, 0.15) is 5.69 Å². The number of sulfonamides is 1. The first-order chi connectivity index (χ1) is 9.47. The maximum Gasteiger partial charge on any atom is 0.270 e.